The molecule has 0 aromatic heterocycles. The predicted octanol–water partition coefficient (Wildman–Crippen LogP) is 3.38. The first kappa shape index (κ1) is 12.7. The Morgan fingerprint density at radius 1 is 1.53 bits per heavy atom. The summed E-state index contributed by atoms with van der Waals surface area (Å²) in [5, 5.41) is 0. The standard InChI is InChI=1S/C13H24O2/c1-6-7-8-10(2)12-11(3)9-14-13(4,5)15-12/h6,10-12H,1,7-9H2,2-5H3/t10-,11+,12+/m0/s1. The van der Waals surface area contributed by atoms with Gasteiger partial charge in [-0.25, -0.2) is 0 Å². The van der Waals surface area contributed by atoms with Gasteiger partial charge in [-0.15, -0.1) is 6.58 Å². The van der Waals surface area contributed by atoms with Gasteiger partial charge in [0.15, 0.2) is 5.79 Å². The average molecular weight is 212 g/mol. The van der Waals surface area contributed by atoms with Gasteiger partial charge < -0.3 is 9.47 Å². The Kier molecular flexibility index (Phi) is 4.35. The molecule has 0 radical (unpaired) electrons. The molecule has 2 heteroatoms. The van der Waals surface area contributed by atoms with E-state index in [1.165, 1.54) is 0 Å². The van der Waals surface area contributed by atoms with E-state index in [0.717, 1.165) is 19.4 Å². The molecular formula is C13H24O2. The second-order valence-electron chi connectivity index (χ2n) is 5.11. The van der Waals surface area contributed by atoms with E-state index in [1.807, 2.05) is 19.9 Å². The van der Waals surface area contributed by atoms with E-state index in [2.05, 4.69) is 20.4 Å². The van der Waals surface area contributed by atoms with Crippen molar-refractivity contribution in [1.82, 2.24) is 0 Å². The Balaban J connectivity index is 2.53. The van der Waals surface area contributed by atoms with Crippen molar-refractivity contribution >= 4 is 0 Å². The van der Waals surface area contributed by atoms with Crippen LogP contribution in [-0.4, -0.2) is 18.5 Å². The molecular weight excluding hydrogens is 188 g/mol. The van der Waals surface area contributed by atoms with Crippen molar-refractivity contribution in [1.29, 1.82) is 0 Å². The van der Waals surface area contributed by atoms with Crippen LogP contribution >= 0.6 is 0 Å². The first-order valence-electron chi connectivity index (χ1n) is 5.89. The van der Waals surface area contributed by atoms with Crippen LogP contribution in [0.5, 0.6) is 0 Å². The fraction of sp³-hybridized carbons (Fsp3) is 0.846. The fourth-order valence-electron chi connectivity index (χ4n) is 2.13. The molecule has 1 fully saturated rings. The third-order valence-corrected chi connectivity index (χ3v) is 3.06. The molecule has 0 spiro atoms. The van der Waals surface area contributed by atoms with Gasteiger partial charge in [0.2, 0.25) is 0 Å². The maximum absolute atomic E-state index is 5.99. The summed E-state index contributed by atoms with van der Waals surface area (Å²) in [6.45, 7) is 13.0. The third-order valence-electron chi connectivity index (χ3n) is 3.06. The first-order valence-corrected chi connectivity index (χ1v) is 5.89. The molecule has 0 aliphatic carbocycles. The smallest absolute Gasteiger partial charge is 0.163 e. The Hall–Kier alpha value is -0.340. The zero-order chi connectivity index (χ0) is 11.5. The van der Waals surface area contributed by atoms with Gasteiger partial charge in [0, 0.05) is 5.92 Å². The highest BCUT2D eigenvalue weighted by atomic mass is 16.7. The molecule has 1 saturated heterocycles. The minimum atomic E-state index is -0.417. The van der Waals surface area contributed by atoms with Crippen molar-refractivity contribution in [2.45, 2.75) is 52.4 Å². The van der Waals surface area contributed by atoms with Crippen LogP contribution in [0.4, 0.5) is 0 Å². The average Bonchev–Trinajstić information content (AvgIpc) is 2.18. The molecule has 0 amide bonds. The molecule has 88 valence electrons. The molecule has 0 unspecified atom stereocenters. The molecule has 1 rings (SSSR count). The lowest BCUT2D eigenvalue weighted by Gasteiger charge is -2.42. The fourth-order valence-corrected chi connectivity index (χ4v) is 2.13. The number of ether oxygens (including phenoxy) is 2. The van der Waals surface area contributed by atoms with Gasteiger partial charge in [-0.3, -0.25) is 0 Å². The summed E-state index contributed by atoms with van der Waals surface area (Å²) in [7, 11) is 0. The third kappa shape index (κ3) is 3.62. The highest BCUT2D eigenvalue weighted by Crippen LogP contribution is 2.31. The minimum absolute atomic E-state index is 0.314. The molecule has 0 N–H and O–H groups in total. The summed E-state index contributed by atoms with van der Waals surface area (Å²) in [5.41, 5.74) is 0. The number of rotatable bonds is 4. The zero-order valence-electron chi connectivity index (χ0n) is 10.5. The van der Waals surface area contributed by atoms with Crippen molar-refractivity contribution in [3.63, 3.8) is 0 Å². The van der Waals surface area contributed by atoms with Crippen molar-refractivity contribution in [3.05, 3.63) is 12.7 Å². The molecule has 0 saturated carbocycles. The monoisotopic (exact) mass is 212 g/mol. The van der Waals surface area contributed by atoms with E-state index in [1.54, 1.807) is 0 Å². The summed E-state index contributed by atoms with van der Waals surface area (Å²) in [4.78, 5) is 0. The van der Waals surface area contributed by atoms with Gasteiger partial charge in [0.05, 0.1) is 12.7 Å². The summed E-state index contributed by atoms with van der Waals surface area (Å²) >= 11 is 0. The van der Waals surface area contributed by atoms with Gasteiger partial charge in [0.25, 0.3) is 0 Å². The molecule has 3 atom stereocenters. The summed E-state index contributed by atoms with van der Waals surface area (Å²) in [6.07, 6.45) is 4.50. The van der Waals surface area contributed by atoms with E-state index in [9.17, 15) is 0 Å². The van der Waals surface area contributed by atoms with Crippen LogP contribution in [0, 0.1) is 11.8 Å². The normalized spacial score (nSPS) is 32.3. The molecule has 2 nitrogen and oxygen atoms in total. The van der Waals surface area contributed by atoms with Crippen molar-refractivity contribution in [3.8, 4) is 0 Å². The van der Waals surface area contributed by atoms with Crippen LogP contribution in [0.3, 0.4) is 0 Å². The van der Waals surface area contributed by atoms with Crippen LogP contribution in [0.2, 0.25) is 0 Å². The second kappa shape index (κ2) is 5.13. The highest BCUT2D eigenvalue weighted by Gasteiger charge is 2.36. The number of allylic oxidation sites excluding steroid dienone is 1. The second-order valence-corrected chi connectivity index (χ2v) is 5.11. The number of hydrogen-bond donors (Lipinski definition) is 0. The van der Waals surface area contributed by atoms with Crippen molar-refractivity contribution in [2.24, 2.45) is 11.8 Å². The lowest BCUT2D eigenvalue weighted by atomic mass is 9.89. The van der Waals surface area contributed by atoms with Crippen LogP contribution < -0.4 is 0 Å². The SMILES string of the molecule is C=CCC[C@H](C)[C@H]1OC(C)(C)OC[C@H]1C. The quantitative estimate of drug-likeness (QED) is 0.665. The van der Waals surface area contributed by atoms with Gasteiger partial charge in [0.1, 0.15) is 0 Å². The summed E-state index contributed by atoms with van der Waals surface area (Å²) < 4.78 is 11.6. The molecule has 1 aliphatic heterocycles. The lowest BCUT2D eigenvalue weighted by Crippen LogP contribution is -2.47. The lowest BCUT2D eigenvalue weighted by molar-refractivity contribution is -0.299. The van der Waals surface area contributed by atoms with Crippen molar-refractivity contribution < 1.29 is 9.47 Å². The van der Waals surface area contributed by atoms with Gasteiger partial charge in [-0.1, -0.05) is 19.9 Å². The van der Waals surface area contributed by atoms with E-state index >= 15 is 0 Å². The Morgan fingerprint density at radius 3 is 2.80 bits per heavy atom. The predicted molar refractivity (Wildman–Crippen MR) is 62.7 cm³/mol. The minimum Gasteiger partial charge on any atom is -0.350 e. The molecule has 0 aromatic rings. The Morgan fingerprint density at radius 2 is 2.20 bits per heavy atom. The maximum atomic E-state index is 5.99. The van der Waals surface area contributed by atoms with Gasteiger partial charge in [-0.2, -0.15) is 0 Å². The van der Waals surface area contributed by atoms with Gasteiger partial charge >= 0.3 is 0 Å². The Labute approximate surface area is 93.7 Å². The maximum Gasteiger partial charge on any atom is 0.163 e. The zero-order valence-corrected chi connectivity index (χ0v) is 10.5. The first-order chi connectivity index (χ1) is 6.96. The molecule has 0 bridgehead atoms. The summed E-state index contributed by atoms with van der Waals surface area (Å²) in [6, 6.07) is 0. The van der Waals surface area contributed by atoms with E-state index in [-0.39, 0.29) is 0 Å². The number of hydrogen-bond acceptors (Lipinski definition) is 2. The van der Waals surface area contributed by atoms with E-state index in [4.69, 9.17) is 9.47 Å². The van der Waals surface area contributed by atoms with Crippen LogP contribution in [0.15, 0.2) is 12.7 Å². The largest absolute Gasteiger partial charge is 0.350 e. The van der Waals surface area contributed by atoms with E-state index < -0.39 is 5.79 Å². The summed E-state index contributed by atoms with van der Waals surface area (Å²) in [5.74, 6) is 0.638. The van der Waals surface area contributed by atoms with Crippen LogP contribution in [-0.2, 0) is 9.47 Å². The van der Waals surface area contributed by atoms with Crippen LogP contribution in [0.25, 0.3) is 0 Å². The van der Waals surface area contributed by atoms with Crippen LogP contribution in [0.1, 0.15) is 40.5 Å². The molecule has 0 aromatic carbocycles. The molecule has 1 heterocycles. The molecule has 1 aliphatic rings. The Bertz CT molecular complexity index is 211. The van der Waals surface area contributed by atoms with Gasteiger partial charge in [-0.05, 0) is 32.6 Å². The van der Waals surface area contributed by atoms with E-state index in [0.29, 0.717) is 17.9 Å². The highest BCUT2D eigenvalue weighted by molar-refractivity contribution is 4.80. The topological polar surface area (TPSA) is 18.5 Å². The molecule has 15 heavy (non-hydrogen) atoms. The van der Waals surface area contributed by atoms with Crippen molar-refractivity contribution in [2.75, 3.05) is 6.61 Å².